The second-order valence-electron chi connectivity index (χ2n) is 5.17. The fraction of sp³-hybridized carbons (Fsp3) is 0.429. The lowest BCUT2D eigenvalue weighted by atomic mass is 10.1. The number of halogens is 1. The van der Waals surface area contributed by atoms with Crippen LogP contribution in [-0.2, 0) is 6.42 Å². The average Bonchev–Trinajstić information content (AvgIpc) is 2.78. The largest absolute Gasteiger partial charge is 0.508 e. The van der Waals surface area contributed by atoms with Crippen LogP contribution in [0.1, 0.15) is 37.4 Å². The molecule has 1 heterocycles. The van der Waals surface area contributed by atoms with Gasteiger partial charge < -0.3 is 10.4 Å². The highest BCUT2D eigenvalue weighted by molar-refractivity contribution is 7.15. The molecule has 108 valence electrons. The number of aromatic hydroxyl groups is 1. The summed E-state index contributed by atoms with van der Waals surface area (Å²) < 4.78 is 13.2. The standard InChI is InChI=1S/C14H18FN3OS/c1-8(2)6-13-17-18-14(20-13)16-9(3)11-7-10(15)4-5-12(11)19/h4-5,7-9,19H,6H2,1-3H3,(H,16,18). The van der Waals surface area contributed by atoms with E-state index in [0.717, 1.165) is 11.4 Å². The third kappa shape index (κ3) is 3.66. The molecule has 1 atom stereocenters. The molecule has 0 fully saturated rings. The van der Waals surface area contributed by atoms with Crippen LogP contribution in [-0.4, -0.2) is 15.3 Å². The van der Waals surface area contributed by atoms with Gasteiger partial charge in [-0.3, -0.25) is 0 Å². The van der Waals surface area contributed by atoms with Crippen LogP contribution in [0.25, 0.3) is 0 Å². The normalized spacial score (nSPS) is 12.7. The van der Waals surface area contributed by atoms with Crippen LogP contribution >= 0.6 is 11.3 Å². The molecule has 0 radical (unpaired) electrons. The van der Waals surface area contributed by atoms with Crippen LogP contribution in [0.2, 0.25) is 0 Å². The van der Waals surface area contributed by atoms with Crippen LogP contribution in [0, 0.1) is 11.7 Å². The van der Waals surface area contributed by atoms with Crippen LogP contribution < -0.4 is 5.32 Å². The highest BCUT2D eigenvalue weighted by Crippen LogP contribution is 2.29. The molecular formula is C14H18FN3OS. The van der Waals surface area contributed by atoms with E-state index in [9.17, 15) is 9.50 Å². The van der Waals surface area contributed by atoms with E-state index in [1.54, 1.807) is 0 Å². The Labute approximate surface area is 121 Å². The highest BCUT2D eigenvalue weighted by Gasteiger charge is 2.14. The van der Waals surface area contributed by atoms with Gasteiger partial charge in [-0.25, -0.2) is 4.39 Å². The molecule has 0 saturated heterocycles. The van der Waals surface area contributed by atoms with Crippen molar-refractivity contribution in [3.05, 3.63) is 34.6 Å². The summed E-state index contributed by atoms with van der Waals surface area (Å²) in [4.78, 5) is 0. The zero-order valence-corrected chi connectivity index (χ0v) is 12.5. The van der Waals surface area contributed by atoms with E-state index in [1.807, 2.05) is 6.92 Å². The smallest absolute Gasteiger partial charge is 0.206 e. The van der Waals surface area contributed by atoms with Crippen LogP contribution in [0.4, 0.5) is 9.52 Å². The number of nitrogens with zero attached hydrogens (tertiary/aromatic N) is 2. The number of anilines is 1. The quantitative estimate of drug-likeness (QED) is 0.882. The average molecular weight is 295 g/mol. The molecule has 0 bridgehead atoms. The van der Waals surface area contributed by atoms with E-state index in [4.69, 9.17) is 0 Å². The monoisotopic (exact) mass is 295 g/mol. The first-order valence-corrected chi connectivity index (χ1v) is 7.34. The SMILES string of the molecule is CC(C)Cc1nnc(NC(C)c2cc(F)ccc2O)s1. The number of phenolic OH excluding ortho intramolecular Hbond substituents is 1. The Bertz CT molecular complexity index is 586. The van der Waals surface area contributed by atoms with E-state index in [-0.39, 0.29) is 17.6 Å². The molecule has 6 heteroatoms. The van der Waals surface area contributed by atoms with Crippen molar-refractivity contribution in [2.75, 3.05) is 5.32 Å². The molecular weight excluding hydrogens is 277 g/mol. The lowest BCUT2D eigenvalue weighted by Crippen LogP contribution is -2.07. The number of hydrogen-bond acceptors (Lipinski definition) is 5. The van der Waals surface area contributed by atoms with Crippen molar-refractivity contribution in [3.63, 3.8) is 0 Å². The number of rotatable bonds is 5. The van der Waals surface area contributed by atoms with Gasteiger partial charge in [-0.05, 0) is 31.0 Å². The second-order valence-corrected chi connectivity index (χ2v) is 6.23. The van der Waals surface area contributed by atoms with Gasteiger partial charge >= 0.3 is 0 Å². The minimum absolute atomic E-state index is 0.0679. The Morgan fingerprint density at radius 1 is 1.30 bits per heavy atom. The maximum absolute atomic E-state index is 13.2. The predicted octanol–water partition coefficient (Wildman–Crippen LogP) is 3.75. The van der Waals surface area contributed by atoms with Crippen molar-refractivity contribution in [1.82, 2.24) is 10.2 Å². The second kappa shape index (κ2) is 6.17. The molecule has 0 amide bonds. The first-order valence-electron chi connectivity index (χ1n) is 6.53. The summed E-state index contributed by atoms with van der Waals surface area (Å²) in [5.74, 6) is 0.225. The Balaban J connectivity index is 2.09. The number of nitrogens with one attached hydrogen (secondary N) is 1. The molecule has 2 aromatic rings. The minimum Gasteiger partial charge on any atom is -0.508 e. The maximum Gasteiger partial charge on any atom is 0.206 e. The number of hydrogen-bond donors (Lipinski definition) is 2. The first kappa shape index (κ1) is 14.7. The summed E-state index contributed by atoms with van der Waals surface area (Å²) in [5, 5.41) is 22.7. The third-order valence-electron chi connectivity index (χ3n) is 2.85. The van der Waals surface area contributed by atoms with Crippen molar-refractivity contribution in [1.29, 1.82) is 0 Å². The Kier molecular flexibility index (Phi) is 4.54. The molecule has 1 unspecified atom stereocenters. The lowest BCUT2D eigenvalue weighted by molar-refractivity contribution is 0.462. The van der Waals surface area contributed by atoms with E-state index >= 15 is 0 Å². The minimum atomic E-state index is -0.371. The van der Waals surface area contributed by atoms with Gasteiger partial charge in [0, 0.05) is 12.0 Å². The number of phenols is 1. The lowest BCUT2D eigenvalue weighted by Gasteiger charge is -2.14. The Hall–Kier alpha value is -1.69. The summed E-state index contributed by atoms with van der Waals surface area (Å²) in [7, 11) is 0. The Morgan fingerprint density at radius 2 is 2.05 bits per heavy atom. The Morgan fingerprint density at radius 3 is 2.75 bits per heavy atom. The van der Waals surface area contributed by atoms with Crippen molar-refractivity contribution in [2.24, 2.45) is 5.92 Å². The summed E-state index contributed by atoms with van der Waals surface area (Å²) in [6, 6.07) is 3.67. The van der Waals surface area contributed by atoms with Gasteiger partial charge in [-0.2, -0.15) is 0 Å². The van der Waals surface area contributed by atoms with E-state index < -0.39 is 0 Å². The molecule has 20 heavy (non-hydrogen) atoms. The van der Waals surface area contributed by atoms with Crippen molar-refractivity contribution >= 4 is 16.5 Å². The highest BCUT2D eigenvalue weighted by atomic mass is 32.1. The molecule has 0 saturated carbocycles. The van der Waals surface area contributed by atoms with Gasteiger partial charge in [-0.1, -0.05) is 25.2 Å². The molecule has 1 aromatic heterocycles. The van der Waals surface area contributed by atoms with Gasteiger partial charge in [0.2, 0.25) is 5.13 Å². The van der Waals surface area contributed by atoms with Crippen molar-refractivity contribution in [3.8, 4) is 5.75 Å². The van der Waals surface area contributed by atoms with E-state index in [1.165, 1.54) is 29.5 Å². The van der Waals surface area contributed by atoms with Crippen LogP contribution in [0.3, 0.4) is 0 Å². The molecule has 0 aliphatic heterocycles. The van der Waals surface area contributed by atoms with Crippen molar-refractivity contribution in [2.45, 2.75) is 33.2 Å². The first-order chi connectivity index (χ1) is 9.45. The zero-order chi connectivity index (χ0) is 14.7. The van der Waals surface area contributed by atoms with Crippen LogP contribution in [0.15, 0.2) is 18.2 Å². The van der Waals surface area contributed by atoms with Gasteiger partial charge in [0.15, 0.2) is 0 Å². The molecule has 0 aliphatic carbocycles. The summed E-state index contributed by atoms with van der Waals surface area (Å²) in [5.41, 5.74) is 0.505. The van der Waals surface area contributed by atoms with Gasteiger partial charge in [0.1, 0.15) is 16.6 Å². The molecule has 1 aromatic carbocycles. The van der Waals surface area contributed by atoms with E-state index in [0.29, 0.717) is 16.6 Å². The summed E-state index contributed by atoms with van der Waals surface area (Å²) in [6.45, 7) is 6.10. The topological polar surface area (TPSA) is 58.0 Å². The van der Waals surface area contributed by atoms with E-state index in [2.05, 4.69) is 29.4 Å². The number of benzene rings is 1. The molecule has 2 N–H and O–H groups in total. The fourth-order valence-electron chi connectivity index (χ4n) is 1.88. The van der Waals surface area contributed by atoms with Gasteiger partial charge in [-0.15, -0.1) is 10.2 Å². The molecule has 2 rings (SSSR count). The molecule has 0 aliphatic rings. The van der Waals surface area contributed by atoms with Crippen LogP contribution in [0.5, 0.6) is 5.75 Å². The predicted molar refractivity (Wildman–Crippen MR) is 78.6 cm³/mol. The number of aromatic nitrogens is 2. The molecule has 4 nitrogen and oxygen atoms in total. The third-order valence-corrected chi connectivity index (χ3v) is 3.72. The van der Waals surface area contributed by atoms with Gasteiger partial charge in [0.05, 0.1) is 6.04 Å². The summed E-state index contributed by atoms with van der Waals surface area (Å²) in [6.07, 6.45) is 0.888. The van der Waals surface area contributed by atoms with Gasteiger partial charge in [0.25, 0.3) is 0 Å². The van der Waals surface area contributed by atoms with Crippen molar-refractivity contribution < 1.29 is 9.50 Å². The summed E-state index contributed by atoms with van der Waals surface area (Å²) >= 11 is 1.49. The fourth-order valence-corrected chi connectivity index (χ4v) is 2.92. The molecule has 0 spiro atoms. The zero-order valence-electron chi connectivity index (χ0n) is 11.7. The maximum atomic E-state index is 13.2.